The lowest BCUT2D eigenvalue weighted by Crippen LogP contribution is -2.54. The van der Waals surface area contributed by atoms with Gasteiger partial charge in [-0.3, -0.25) is 0 Å². The van der Waals surface area contributed by atoms with E-state index < -0.39 is 0 Å². The summed E-state index contributed by atoms with van der Waals surface area (Å²) in [7, 11) is 0. The van der Waals surface area contributed by atoms with E-state index in [-0.39, 0.29) is 12.2 Å². The molecule has 0 bridgehead atoms. The van der Waals surface area contributed by atoms with Crippen LogP contribution in [0.2, 0.25) is 0 Å². The van der Waals surface area contributed by atoms with Gasteiger partial charge in [0.2, 0.25) is 0 Å². The van der Waals surface area contributed by atoms with E-state index in [0.717, 1.165) is 132 Å². The van der Waals surface area contributed by atoms with E-state index in [1.165, 1.54) is 116 Å². The van der Waals surface area contributed by atoms with Crippen LogP contribution in [-0.2, 0) is 0 Å². The van der Waals surface area contributed by atoms with E-state index in [1.807, 2.05) is 0 Å². The molecule has 0 saturated heterocycles. The van der Waals surface area contributed by atoms with Gasteiger partial charge in [-0.25, -0.2) is 0 Å². The van der Waals surface area contributed by atoms with Crippen molar-refractivity contribution in [2.45, 2.75) is 250 Å². The third-order valence-electron chi connectivity index (χ3n) is 24.1. The molecule has 0 aromatic rings. The van der Waals surface area contributed by atoms with Gasteiger partial charge >= 0.3 is 0 Å². The van der Waals surface area contributed by atoms with Crippen LogP contribution in [0.5, 0.6) is 0 Å². The predicted molar refractivity (Wildman–Crippen MR) is 266 cm³/mol. The molecule has 62 heavy (non-hydrogen) atoms. The Balaban J connectivity index is 0.000000186. The second-order valence-corrected chi connectivity index (χ2v) is 28.0. The van der Waals surface area contributed by atoms with Crippen LogP contribution in [0.25, 0.3) is 0 Å². The second kappa shape index (κ2) is 19.5. The van der Waals surface area contributed by atoms with Crippen molar-refractivity contribution in [2.75, 3.05) is 0 Å². The monoisotopic (exact) mass is 861 g/mol. The zero-order valence-electron chi connectivity index (χ0n) is 44.0. The van der Waals surface area contributed by atoms with Gasteiger partial charge in [0.25, 0.3) is 0 Å². The summed E-state index contributed by atoms with van der Waals surface area (Å²) >= 11 is 0. The van der Waals surface area contributed by atoms with Crippen LogP contribution in [0.15, 0.2) is 0 Å². The topological polar surface area (TPSA) is 40.5 Å². The van der Waals surface area contributed by atoms with Crippen LogP contribution < -0.4 is 0 Å². The first-order chi connectivity index (χ1) is 29.2. The van der Waals surface area contributed by atoms with Crippen LogP contribution in [0, 0.1) is 128 Å². The van der Waals surface area contributed by atoms with E-state index in [0.29, 0.717) is 21.7 Å². The number of rotatable bonds is 12. The number of hydrogen-bond donors (Lipinski definition) is 2. The molecule has 2 nitrogen and oxygen atoms in total. The number of aliphatic hydroxyl groups is 2. The second-order valence-electron chi connectivity index (χ2n) is 28.0. The Labute approximate surface area is 387 Å². The van der Waals surface area contributed by atoms with Crippen LogP contribution in [0.4, 0.5) is 0 Å². The molecule has 0 aromatic carbocycles. The first kappa shape index (κ1) is 49.8. The number of fused-ring (bicyclic) bond motifs is 10. The van der Waals surface area contributed by atoms with E-state index in [1.54, 1.807) is 0 Å². The lowest BCUT2D eigenvalue weighted by atomic mass is 9.44. The van der Waals surface area contributed by atoms with Crippen molar-refractivity contribution >= 4 is 0 Å². The summed E-state index contributed by atoms with van der Waals surface area (Å²) in [6.07, 6.45) is 30.2. The molecule has 0 amide bonds. The van der Waals surface area contributed by atoms with Crippen molar-refractivity contribution in [1.82, 2.24) is 0 Å². The summed E-state index contributed by atoms with van der Waals surface area (Å²) in [6.45, 7) is 35.4. The SMILES string of the molecule is CC(C)C(CC[C@@H](C)[C@H]1CC[C@H]2[C@@H]3CCC4C[C@@H](O)CC[C@]4(C)[C@H]3CC[C@]12C)C(C)C.CC(C)C(CC[C@@H](C)[C@H]1CC[C@H]2[C@@H]3CCC4C[C@@H](O)CC[C@]4(C)[C@H]3CC[C@]12C)C(C)C. The molecule has 2 N–H and O–H groups in total. The van der Waals surface area contributed by atoms with E-state index >= 15 is 0 Å². The minimum Gasteiger partial charge on any atom is -0.393 e. The zero-order valence-corrected chi connectivity index (χ0v) is 44.0. The Morgan fingerprint density at radius 2 is 0.694 bits per heavy atom. The first-order valence-electron chi connectivity index (χ1n) is 28.5. The van der Waals surface area contributed by atoms with Crippen molar-refractivity contribution in [3.63, 3.8) is 0 Å². The molecule has 8 fully saturated rings. The van der Waals surface area contributed by atoms with Gasteiger partial charge in [0.15, 0.2) is 0 Å². The molecular formula is C60H108O2. The quantitative estimate of drug-likeness (QED) is 0.205. The fraction of sp³-hybridized carbons (Fsp3) is 1.00. The smallest absolute Gasteiger partial charge is 0.0543 e. The highest BCUT2D eigenvalue weighted by Crippen LogP contribution is 2.70. The largest absolute Gasteiger partial charge is 0.393 e. The van der Waals surface area contributed by atoms with Gasteiger partial charge in [0.1, 0.15) is 0 Å². The van der Waals surface area contributed by atoms with Crippen LogP contribution in [0.3, 0.4) is 0 Å². The summed E-state index contributed by atoms with van der Waals surface area (Å²) in [5, 5.41) is 20.6. The Hall–Kier alpha value is -0.0800. The van der Waals surface area contributed by atoms with Crippen LogP contribution in [0.1, 0.15) is 238 Å². The molecule has 8 saturated carbocycles. The van der Waals surface area contributed by atoms with Gasteiger partial charge in [0, 0.05) is 0 Å². The molecule has 8 rings (SSSR count). The van der Waals surface area contributed by atoms with Crippen molar-refractivity contribution in [3.05, 3.63) is 0 Å². The number of aliphatic hydroxyl groups excluding tert-OH is 2. The van der Waals surface area contributed by atoms with Gasteiger partial charge in [0.05, 0.1) is 12.2 Å². The molecule has 0 heterocycles. The summed E-state index contributed by atoms with van der Waals surface area (Å²) in [4.78, 5) is 0. The van der Waals surface area contributed by atoms with Gasteiger partial charge in [-0.15, -0.1) is 0 Å². The maximum Gasteiger partial charge on any atom is 0.0543 e. The number of hydrogen-bond acceptors (Lipinski definition) is 2. The first-order valence-corrected chi connectivity index (χ1v) is 28.5. The summed E-state index contributed by atoms with van der Waals surface area (Å²) in [6, 6.07) is 0. The van der Waals surface area contributed by atoms with Crippen molar-refractivity contribution < 1.29 is 10.2 Å². The summed E-state index contributed by atoms with van der Waals surface area (Å²) < 4.78 is 0. The van der Waals surface area contributed by atoms with Crippen LogP contribution >= 0.6 is 0 Å². The highest BCUT2D eigenvalue weighted by molar-refractivity contribution is 5.11. The molecule has 8 aliphatic carbocycles. The average Bonchev–Trinajstić information content (AvgIpc) is 3.75. The molecule has 0 radical (unpaired) electrons. The normalized spacial score (nSPS) is 46.2. The summed E-state index contributed by atoms with van der Waals surface area (Å²) in [5.41, 5.74) is 2.25. The van der Waals surface area contributed by atoms with Crippen molar-refractivity contribution in [3.8, 4) is 0 Å². The van der Waals surface area contributed by atoms with Crippen molar-refractivity contribution in [1.29, 1.82) is 0 Å². The van der Waals surface area contributed by atoms with E-state index in [2.05, 4.69) is 96.9 Å². The van der Waals surface area contributed by atoms with E-state index in [9.17, 15) is 10.2 Å². The lowest BCUT2D eigenvalue weighted by Gasteiger charge is -2.61. The van der Waals surface area contributed by atoms with Crippen LogP contribution in [-0.4, -0.2) is 22.4 Å². The predicted octanol–water partition coefficient (Wildman–Crippen LogP) is 16.7. The fourth-order valence-electron chi connectivity index (χ4n) is 20.6. The average molecular weight is 862 g/mol. The molecule has 0 aliphatic heterocycles. The molecule has 8 aliphatic rings. The standard InChI is InChI=1S/2C30H54O/c2*1-19(2)24(20(3)4)10-8-21(5)26-12-13-27-25-11-9-22-18-23(31)14-16-29(22,6)28(25)15-17-30(26,27)7/h2*19-28,31H,8-18H2,1-7H3/t2*21-,22?,23+,25+,26-,27+,28+,29+,30-/m11/s1. The molecule has 2 heteroatoms. The minimum atomic E-state index is -0.0132. The van der Waals surface area contributed by atoms with Gasteiger partial charge in [-0.1, -0.05) is 110 Å². The van der Waals surface area contributed by atoms with Gasteiger partial charge in [-0.05, 0) is 257 Å². The maximum atomic E-state index is 10.3. The molecule has 0 aromatic heterocycles. The zero-order chi connectivity index (χ0) is 45.1. The van der Waals surface area contributed by atoms with E-state index in [4.69, 9.17) is 0 Å². The Bertz CT molecular complexity index is 1310. The highest BCUT2D eigenvalue weighted by Gasteiger charge is 2.62. The molecule has 360 valence electrons. The Kier molecular flexibility index (Phi) is 15.7. The maximum absolute atomic E-state index is 10.3. The highest BCUT2D eigenvalue weighted by atomic mass is 16.3. The van der Waals surface area contributed by atoms with Crippen molar-refractivity contribution in [2.24, 2.45) is 128 Å². The van der Waals surface area contributed by atoms with Gasteiger partial charge in [-0.2, -0.15) is 0 Å². The summed E-state index contributed by atoms with van der Waals surface area (Å²) in [5.74, 6) is 16.1. The molecular weight excluding hydrogens is 753 g/mol. The minimum absolute atomic E-state index is 0.0132. The lowest BCUT2D eigenvalue weighted by molar-refractivity contribution is -0.129. The molecule has 18 atom stereocenters. The fourth-order valence-corrected chi connectivity index (χ4v) is 20.6. The third kappa shape index (κ3) is 9.26. The Morgan fingerprint density at radius 1 is 0.371 bits per heavy atom. The van der Waals surface area contributed by atoms with Gasteiger partial charge < -0.3 is 10.2 Å². The molecule has 2 unspecified atom stereocenters. The molecule has 0 spiro atoms. The third-order valence-corrected chi connectivity index (χ3v) is 24.1. The Morgan fingerprint density at radius 3 is 1.03 bits per heavy atom.